The van der Waals surface area contributed by atoms with Gasteiger partial charge in [-0.15, -0.1) is 11.8 Å². The van der Waals surface area contributed by atoms with Gasteiger partial charge in [-0.1, -0.05) is 0 Å². The van der Waals surface area contributed by atoms with Crippen molar-refractivity contribution >= 4 is 23.7 Å². The summed E-state index contributed by atoms with van der Waals surface area (Å²) >= 11 is 1.43. The third-order valence-corrected chi connectivity index (χ3v) is 5.84. The van der Waals surface area contributed by atoms with Crippen LogP contribution in [0.2, 0.25) is 0 Å². The Balaban J connectivity index is 1.87. The third kappa shape index (κ3) is 3.50. The molecule has 2 atom stereocenters. The van der Waals surface area contributed by atoms with Gasteiger partial charge < -0.3 is 14.4 Å². The van der Waals surface area contributed by atoms with Crippen molar-refractivity contribution in [2.75, 3.05) is 13.2 Å². The van der Waals surface area contributed by atoms with Crippen LogP contribution in [-0.4, -0.2) is 40.0 Å². The molecule has 0 unspecified atom stereocenters. The number of rotatable bonds is 5. The average Bonchev–Trinajstić information content (AvgIpc) is 3.20. The molecule has 2 N–H and O–H groups in total. The van der Waals surface area contributed by atoms with E-state index in [9.17, 15) is 14.7 Å². The van der Waals surface area contributed by atoms with Gasteiger partial charge >= 0.3 is 11.9 Å². The van der Waals surface area contributed by atoms with Gasteiger partial charge in [0.1, 0.15) is 5.25 Å². The van der Waals surface area contributed by atoms with E-state index in [1.165, 1.54) is 11.8 Å². The van der Waals surface area contributed by atoms with Gasteiger partial charge in [-0.25, -0.2) is 4.79 Å². The van der Waals surface area contributed by atoms with Gasteiger partial charge in [0.25, 0.3) is 0 Å². The standard InChI is InChI=1S/C19H22N2O4S/c1-4-25-19(24)13-5-7-14(8-6-13)21-11(2)9-15(12(21)3)17-20-10-16(26-17)18(22)23/h5-9,16-17,20H,4,10H2,1-3H3,(H,22,23)/t16-,17-/m1/s1. The van der Waals surface area contributed by atoms with Crippen LogP contribution in [-0.2, 0) is 9.53 Å². The molecule has 2 aromatic rings. The number of carbonyl (C=O) groups excluding carboxylic acids is 1. The molecule has 26 heavy (non-hydrogen) atoms. The van der Waals surface area contributed by atoms with Gasteiger partial charge in [-0.05, 0) is 51.1 Å². The van der Waals surface area contributed by atoms with Crippen molar-refractivity contribution in [2.24, 2.45) is 0 Å². The molecular formula is C19H22N2O4S. The van der Waals surface area contributed by atoms with Crippen LogP contribution in [0.15, 0.2) is 30.3 Å². The van der Waals surface area contributed by atoms with E-state index >= 15 is 0 Å². The molecule has 0 amide bonds. The van der Waals surface area contributed by atoms with Gasteiger partial charge in [0.2, 0.25) is 0 Å². The summed E-state index contributed by atoms with van der Waals surface area (Å²) in [4.78, 5) is 23.0. The molecule has 1 saturated heterocycles. The number of nitrogens with one attached hydrogen (secondary N) is 1. The van der Waals surface area contributed by atoms with E-state index in [2.05, 4.69) is 16.0 Å². The maximum Gasteiger partial charge on any atom is 0.338 e. The summed E-state index contributed by atoms with van der Waals surface area (Å²) in [7, 11) is 0. The lowest BCUT2D eigenvalue weighted by molar-refractivity contribution is -0.136. The number of carbonyl (C=O) groups is 2. The first-order chi connectivity index (χ1) is 12.4. The molecule has 138 valence electrons. The molecule has 1 fully saturated rings. The van der Waals surface area contributed by atoms with Crippen LogP contribution in [0.3, 0.4) is 0 Å². The van der Waals surface area contributed by atoms with Crippen molar-refractivity contribution in [3.63, 3.8) is 0 Å². The highest BCUT2D eigenvalue weighted by Gasteiger charge is 2.32. The fourth-order valence-corrected chi connectivity index (χ4v) is 4.43. The summed E-state index contributed by atoms with van der Waals surface area (Å²) in [5, 5.41) is 12.0. The third-order valence-electron chi connectivity index (χ3n) is 4.45. The number of aromatic nitrogens is 1. The predicted octanol–water partition coefficient (Wildman–Crippen LogP) is 3.06. The maximum absolute atomic E-state index is 11.8. The zero-order valence-electron chi connectivity index (χ0n) is 15.0. The molecule has 1 aliphatic rings. The van der Waals surface area contributed by atoms with Gasteiger partial charge in [-0.2, -0.15) is 0 Å². The average molecular weight is 374 g/mol. The second-order valence-corrected chi connectivity index (χ2v) is 7.49. The Bertz CT molecular complexity index is 829. The number of aryl methyl sites for hydroxylation is 1. The number of benzene rings is 1. The maximum atomic E-state index is 11.8. The van der Waals surface area contributed by atoms with Crippen LogP contribution in [0.4, 0.5) is 0 Å². The number of carboxylic acid groups (broad SMARTS) is 1. The van der Waals surface area contributed by atoms with Crippen LogP contribution in [0, 0.1) is 13.8 Å². The molecule has 0 spiro atoms. The minimum atomic E-state index is -0.784. The van der Waals surface area contributed by atoms with E-state index in [0.717, 1.165) is 22.6 Å². The van der Waals surface area contributed by atoms with Crippen LogP contribution < -0.4 is 5.32 Å². The van der Waals surface area contributed by atoms with Gasteiger partial charge in [0, 0.05) is 29.2 Å². The summed E-state index contributed by atoms with van der Waals surface area (Å²) in [5.41, 5.74) is 4.68. The summed E-state index contributed by atoms with van der Waals surface area (Å²) in [6.45, 7) is 6.64. The molecule has 1 aliphatic heterocycles. The van der Waals surface area contributed by atoms with E-state index in [4.69, 9.17) is 4.74 Å². The van der Waals surface area contributed by atoms with Crippen LogP contribution in [0.5, 0.6) is 0 Å². The zero-order chi connectivity index (χ0) is 18.8. The smallest absolute Gasteiger partial charge is 0.338 e. The summed E-state index contributed by atoms with van der Waals surface area (Å²) < 4.78 is 7.13. The van der Waals surface area contributed by atoms with E-state index in [1.54, 1.807) is 19.1 Å². The van der Waals surface area contributed by atoms with Crippen molar-refractivity contribution in [2.45, 2.75) is 31.4 Å². The molecule has 1 aromatic carbocycles. The van der Waals surface area contributed by atoms with Crippen molar-refractivity contribution in [3.8, 4) is 5.69 Å². The highest BCUT2D eigenvalue weighted by molar-refractivity contribution is 8.01. The summed E-state index contributed by atoms with van der Waals surface area (Å²) in [6, 6.07) is 9.39. The normalized spacial score (nSPS) is 19.5. The van der Waals surface area contributed by atoms with Gasteiger partial charge in [-0.3, -0.25) is 10.1 Å². The zero-order valence-corrected chi connectivity index (χ0v) is 15.8. The lowest BCUT2D eigenvalue weighted by Crippen LogP contribution is -2.21. The Morgan fingerprint density at radius 3 is 2.58 bits per heavy atom. The number of hydrogen-bond donors (Lipinski definition) is 2. The summed E-state index contributed by atoms with van der Waals surface area (Å²) in [5.74, 6) is -1.11. The van der Waals surface area contributed by atoms with Crippen molar-refractivity contribution < 1.29 is 19.4 Å². The van der Waals surface area contributed by atoms with Crippen molar-refractivity contribution in [1.29, 1.82) is 0 Å². The Kier molecular flexibility index (Phi) is 5.38. The lowest BCUT2D eigenvalue weighted by atomic mass is 10.2. The number of hydrogen-bond acceptors (Lipinski definition) is 5. The highest BCUT2D eigenvalue weighted by Crippen LogP contribution is 2.38. The van der Waals surface area contributed by atoms with E-state index in [1.807, 2.05) is 26.0 Å². The van der Waals surface area contributed by atoms with Crippen LogP contribution in [0.25, 0.3) is 5.69 Å². The molecule has 0 saturated carbocycles. The Morgan fingerprint density at radius 1 is 1.31 bits per heavy atom. The first kappa shape index (κ1) is 18.5. The molecule has 2 heterocycles. The predicted molar refractivity (Wildman–Crippen MR) is 101 cm³/mol. The van der Waals surface area contributed by atoms with E-state index in [-0.39, 0.29) is 11.3 Å². The Morgan fingerprint density at radius 2 is 2.00 bits per heavy atom. The number of ether oxygens (including phenoxy) is 1. The van der Waals surface area contributed by atoms with Crippen LogP contribution in [0.1, 0.15) is 39.6 Å². The second-order valence-electron chi connectivity index (χ2n) is 6.18. The monoisotopic (exact) mass is 374 g/mol. The number of nitrogens with zero attached hydrogens (tertiary/aromatic N) is 1. The van der Waals surface area contributed by atoms with Crippen molar-refractivity contribution in [1.82, 2.24) is 9.88 Å². The lowest BCUT2D eigenvalue weighted by Gasteiger charge is -2.13. The molecule has 7 heteroatoms. The Hall–Kier alpha value is -2.25. The van der Waals surface area contributed by atoms with E-state index < -0.39 is 11.2 Å². The molecule has 0 aliphatic carbocycles. The SMILES string of the molecule is CCOC(=O)c1ccc(-n2c(C)cc([C@@H]3NC[C@H](C(=O)O)S3)c2C)cc1. The molecule has 1 aromatic heterocycles. The van der Waals surface area contributed by atoms with E-state index in [0.29, 0.717) is 18.7 Å². The largest absolute Gasteiger partial charge is 0.480 e. The number of thioether (sulfide) groups is 1. The van der Waals surface area contributed by atoms with Gasteiger partial charge in [0.15, 0.2) is 0 Å². The second kappa shape index (κ2) is 7.55. The topological polar surface area (TPSA) is 80.6 Å². The number of carboxylic acids is 1. The fourth-order valence-electron chi connectivity index (χ4n) is 3.21. The minimum absolute atomic E-state index is 0.0325. The van der Waals surface area contributed by atoms with Crippen molar-refractivity contribution in [3.05, 3.63) is 52.8 Å². The molecule has 0 bridgehead atoms. The fraction of sp³-hybridized carbons (Fsp3) is 0.368. The minimum Gasteiger partial charge on any atom is -0.480 e. The highest BCUT2D eigenvalue weighted by atomic mass is 32.2. The molecule has 6 nitrogen and oxygen atoms in total. The molecule has 3 rings (SSSR count). The van der Waals surface area contributed by atoms with Crippen LogP contribution >= 0.6 is 11.8 Å². The molecule has 0 radical (unpaired) electrons. The number of aliphatic carboxylic acids is 1. The number of esters is 1. The summed E-state index contributed by atoms with van der Waals surface area (Å²) in [6.07, 6.45) is 0. The quantitative estimate of drug-likeness (QED) is 0.783. The first-order valence-electron chi connectivity index (χ1n) is 8.50. The van der Waals surface area contributed by atoms with Gasteiger partial charge in [0.05, 0.1) is 17.5 Å². The Labute approximate surface area is 156 Å². The molecular weight excluding hydrogens is 352 g/mol. The first-order valence-corrected chi connectivity index (χ1v) is 9.44.